The summed E-state index contributed by atoms with van der Waals surface area (Å²) in [5, 5.41) is 6.27. The molecule has 0 aliphatic heterocycles. The summed E-state index contributed by atoms with van der Waals surface area (Å²) in [5.41, 5.74) is 1.66. The van der Waals surface area contributed by atoms with E-state index in [2.05, 4.69) is 25.6 Å². The molecule has 0 saturated heterocycles. The molecule has 7 nitrogen and oxygen atoms in total. The van der Waals surface area contributed by atoms with Gasteiger partial charge in [0.2, 0.25) is 5.91 Å². The fraction of sp³-hybridized carbons (Fsp3) is 0.167. The molecule has 2 N–H and O–H groups in total. The Hall–Kier alpha value is -4.14. The molecular weight excluding hydrogens is 428 g/mol. The van der Waals surface area contributed by atoms with Gasteiger partial charge in [0.1, 0.15) is 17.1 Å². The van der Waals surface area contributed by atoms with E-state index in [1.807, 2.05) is 6.07 Å². The summed E-state index contributed by atoms with van der Waals surface area (Å²) in [5.74, 6) is -0.832. The van der Waals surface area contributed by atoms with Gasteiger partial charge < -0.3 is 15.4 Å². The Morgan fingerprint density at radius 1 is 1.09 bits per heavy atom. The summed E-state index contributed by atoms with van der Waals surface area (Å²) >= 11 is 0. The van der Waals surface area contributed by atoms with Crippen LogP contribution < -0.4 is 15.4 Å². The SMILES string of the molecule is CNC(=O)CCNc1nc(-c2cccnc2)nc2c(OC)cc(-c3cccc(F)c3F)cc12. The molecule has 0 unspecified atom stereocenters. The van der Waals surface area contributed by atoms with E-state index in [9.17, 15) is 13.6 Å². The summed E-state index contributed by atoms with van der Waals surface area (Å²) in [6, 6.07) is 10.9. The molecule has 2 aromatic heterocycles. The lowest BCUT2D eigenvalue weighted by molar-refractivity contribution is -0.120. The Balaban J connectivity index is 1.91. The molecule has 0 aliphatic rings. The number of nitrogens with zero attached hydrogens (tertiary/aromatic N) is 3. The monoisotopic (exact) mass is 449 g/mol. The fourth-order valence-corrected chi connectivity index (χ4v) is 3.42. The fourth-order valence-electron chi connectivity index (χ4n) is 3.42. The molecule has 2 aromatic carbocycles. The van der Waals surface area contributed by atoms with Crippen molar-refractivity contribution >= 4 is 22.6 Å². The maximum absolute atomic E-state index is 14.5. The third-order valence-corrected chi connectivity index (χ3v) is 5.09. The summed E-state index contributed by atoms with van der Waals surface area (Å²) in [6.45, 7) is 0.305. The number of benzene rings is 2. The molecule has 1 amide bonds. The normalized spacial score (nSPS) is 10.8. The molecule has 168 valence electrons. The van der Waals surface area contributed by atoms with Crippen LogP contribution in [0.3, 0.4) is 0 Å². The maximum atomic E-state index is 14.5. The minimum Gasteiger partial charge on any atom is -0.494 e. The van der Waals surface area contributed by atoms with Gasteiger partial charge in [0.05, 0.1) is 7.11 Å². The lowest BCUT2D eigenvalue weighted by Gasteiger charge is -2.15. The highest BCUT2D eigenvalue weighted by Crippen LogP contribution is 2.36. The largest absolute Gasteiger partial charge is 0.494 e. The minimum absolute atomic E-state index is 0.0860. The van der Waals surface area contributed by atoms with E-state index < -0.39 is 11.6 Å². The van der Waals surface area contributed by atoms with E-state index in [1.54, 1.807) is 37.6 Å². The first-order valence-electron chi connectivity index (χ1n) is 10.2. The van der Waals surface area contributed by atoms with Crippen LogP contribution in [-0.2, 0) is 4.79 Å². The zero-order valence-electron chi connectivity index (χ0n) is 18.0. The highest BCUT2D eigenvalue weighted by atomic mass is 19.2. The van der Waals surface area contributed by atoms with Crippen LogP contribution in [0, 0.1) is 11.6 Å². The number of hydrogen-bond acceptors (Lipinski definition) is 6. The number of hydrogen-bond donors (Lipinski definition) is 2. The van der Waals surface area contributed by atoms with Crippen molar-refractivity contribution in [2.75, 3.05) is 26.0 Å². The molecule has 33 heavy (non-hydrogen) atoms. The van der Waals surface area contributed by atoms with E-state index in [0.717, 1.165) is 6.07 Å². The van der Waals surface area contributed by atoms with Gasteiger partial charge in [0.25, 0.3) is 0 Å². The smallest absolute Gasteiger partial charge is 0.221 e. The number of methoxy groups -OCH3 is 1. The summed E-state index contributed by atoms with van der Waals surface area (Å²) in [6.07, 6.45) is 3.51. The number of carbonyl (C=O) groups excluding carboxylic acids is 1. The number of nitrogens with one attached hydrogen (secondary N) is 2. The van der Waals surface area contributed by atoms with Gasteiger partial charge >= 0.3 is 0 Å². The van der Waals surface area contributed by atoms with Crippen LogP contribution in [-0.4, -0.2) is 41.6 Å². The second-order valence-corrected chi connectivity index (χ2v) is 7.16. The van der Waals surface area contributed by atoms with Gasteiger partial charge in [0.15, 0.2) is 17.5 Å². The van der Waals surface area contributed by atoms with Crippen LogP contribution >= 0.6 is 0 Å². The molecule has 0 bridgehead atoms. The van der Waals surface area contributed by atoms with Crippen molar-refractivity contribution in [3.8, 4) is 28.3 Å². The van der Waals surface area contributed by atoms with Gasteiger partial charge in [-0.2, -0.15) is 0 Å². The van der Waals surface area contributed by atoms with Crippen molar-refractivity contribution in [3.63, 3.8) is 0 Å². The van der Waals surface area contributed by atoms with E-state index in [0.29, 0.717) is 46.0 Å². The lowest BCUT2D eigenvalue weighted by atomic mass is 10.0. The van der Waals surface area contributed by atoms with E-state index >= 15 is 0 Å². The van der Waals surface area contributed by atoms with Crippen molar-refractivity contribution in [1.82, 2.24) is 20.3 Å². The zero-order chi connectivity index (χ0) is 23.4. The first-order chi connectivity index (χ1) is 16.0. The van der Waals surface area contributed by atoms with E-state index in [-0.39, 0.29) is 17.9 Å². The Bertz CT molecular complexity index is 1320. The van der Waals surface area contributed by atoms with Gasteiger partial charge in [-0.25, -0.2) is 18.7 Å². The molecule has 0 radical (unpaired) electrons. The molecule has 0 aliphatic carbocycles. The van der Waals surface area contributed by atoms with Crippen LogP contribution in [0.25, 0.3) is 33.4 Å². The third kappa shape index (κ3) is 4.57. The van der Waals surface area contributed by atoms with Crippen molar-refractivity contribution in [3.05, 3.63) is 66.5 Å². The van der Waals surface area contributed by atoms with Crippen LogP contribution in [0.15, 0.2) is 54.9 Å². The van der Waals surface area contributed by atoms with Gasteiger partial charge in [-0.15, -0.1) is 0 Å². The third-order valence-electron chi connectivity index (χ3n) is 5.09. The summed E-state index contributed by atoms with van der Waals surface area (Å²) < 4.78 is 33.9. The Morgan fingerprint density at radius 2 is 1.94 bits per heavy atom. The number of carbonyl (C=O) groups is 1. The highest BCUT2D eigenvalue weighted by Gasteiger charge is 2.18. The number of halogens is 2. The Morgan fingerprint density at radius 3 is 2.67 bits per heavy atom. The predicted molar refractivity (Wildman–Crippen MR) is 122 cm³/mol. The first kappa shape index (κ1) is 22.1. The zero-order valence-corrected chi connectivity index (χ0v) is 18.0. The van der Waals surface area contributed by atoms with Crippen LogP contribution in [0.4, 0.5) is 14.6 Å². The van der Waals surface area contributed by atoms with Crippen molar-refractivity contribution in [2.45, 2.75) is 6.42 Å². The molecule has 0 spiro atoms. The molecule has 4 rings (SSSR count). The number of fused-ring (bicyclic) bond motifs is 1. The van der Waals surface area contributed by atoms with E-state index in [1.165, 1.54) is 19.2 Å². The van der Waals surface area contributed by atoms with Gasteiger partial charge in [-0.1, -0.05) is 12.1 Å². The van der Waals surface area contributed by atoms with Crippen molar-refractivity contribution in [1.29, 1.82) is 0 Å². The molecule has 0 fully saturated rings. The predicted octanol–water partition coefficient (Wildman–Crippen LogP) is 4.19. The number of amides is 1. The van der Waals surface area contributed by atoms with Gasteiger partial charge in [-0.3, -0.25) is 9.78 Å². The average Bonchev–Trinajstić information content (AvgIpc) is 2.85. The highest BCUT2D eigenvalue weighted by molar-refractivity contribution is 5.98. The minimum atomic E-state index is -0.957. The lowest BCUT2D eigenvalue weighted by Crippen LogP contribution is -2.21. The molecular formula is C24H21F2N5O2. The maximum Gasteiger partial charge on any atom is 0.221 e. The summed E-state index contributed by atoms with van der Waals surface area (Å²) in [4.78, 5) is 25.1. The molecule has 0 atom stereocenters. The molecule has 4 aromatic rings. The Labute approximate surface area is 188 Å². The number of ether oxygens (including phenoxy) is 1. The standard InChI is InChI=1S/C24H21F2N5O2/c1-27-20(32)8-10-29-24-17-11-15(16-6-3-7-18(25)21(16)26)12-19(33-2)22(17)30-23(31-24)14-5-4-9-28-13-14/h3-7,9,11-13H,8,10H2,1-2H3,(H,27,32)(H,29,30,31). The molecule has 2 heterocycles. The van der Waals surface area contributed by atoms with Crippen molar-refractivity contribution < 1.29 is 18.3 Å². The van der Waals surface area contributed by atoms with Gasteiger partial charge in [0, 0.05) is 48.9 Å². The average molecular weight is 449 g/mol. The van der Waals surface area contributed by atoms with Crippen molar-refractivity contribution in [2.24, 2.45) is 0 Å². The van der Waals surface area contributed by atoms with Gasteiger partial charge in [-0.05, 0) is 35.9 Å². The first-order valence-corrected chi connectivity index (χ1v) is 10.2. The molecule has 9 heteroatoms. The van der Waals surface area contributed by atoms with Crippen LogP contribution in [0.5, 0.6) is 5.75 Å². The Kier molecular flexibility index (Phi) is 6.39. The number of aromatic nitrogens is 3. The topological polar surface area (TPSA) is 89.0 Å². The summed E-state index contributed by atoms with van der Waals surface area (Å²) in [7, 11) is 3.04. The number of rotatable bonds is 7. The number of anilines is 1. The van der Waals surface area contributed by atoms with E-state index in [4.69, 9.17) is 4.74 Å². The molecule has 0 saturated carbocycles. The van der Waals surface area contributed by atoms with Crippen LogP contribution in [0.1, 0.15) is 6.42 Å². The second kappa shape index (κ2) is 9.56. The number of pyridine rings is 1. The quantitative estimate of drug-likeness (QED) is 0.440. The van der Waals surface area contributed by atoms with Crippen LogP contribution in [0.2, 0.25) is 0 Å². The second-order valence-electron chi connectivity index (χ2n) is 7.16.